The van der Waals surface area contributed by atoms with Crippen molar-refractivity contribution in [3.8, 4) is 17.2 Å². The van der Waals surface area contributed by atoms with Crippen LogP contribution < -0.4 is 10.2 Å². The van der Waals surface area contributed by atoms with Gasteiger partial charge in [0.05, 0.1) is 18.9 Å². The van der Waals surface area contributed by atoms with Crippen molar-refractivity contribution in [1.29, 1.82) is 0 Å². The summed E-state index contributed by atoms with van der Waals surface area (Å²) in [5, 5.41) is 0. The molecule has 2 aromatic carbocycles. The van der Waals surface area contributed by atoms with Crippen molar-refractivity contribution in [2.24, 2.45) is 0 Å². The molecule has 1 N–H and O–H groups in total. The normalized spacial score (nSPS) is 10.9. The van der Waals surface area contributed by atoms with Gasteiger partial charge in [0.15, 0.2) is 0 Å². The first-order chi connectivity index (χ1) is 13.8. The van der Waals surface area contributed by atoms with Crippen LogP contribution in [-0.2, 0) is 17.7 Å². The Bertz CT molecular complexity index is 829. The largest absolute Gasteiger partial charge is 0.493 e. The van der Waals surface area contributed by atoms with Crippen LogP contribution in [0.15, 0.2) is 59.0 Å². The topological polar surface area (TPSA) is 56.5 Å². The van der Waals surface area contributed by atoms with Crippen LogP contribution in [0.3, 0.4) is 0 Å². The smallest absolute Gasteiger partial charge is 0.226 e. The van der Waals surface area contributed by atoms with Gasteiger partial charge in [0.2, 0.25) is 5.89 Å². The van der Waals surface area contributed by atoms with Gasteiger partial charge >= 0.3 is 0 Å². The van der Waals surface area contributed by atoms with Crippen molar-refractivity contribution in [1.82, 2.24) is 10.5 Å². The van der Waals surface area contributed by atoms with Crippen molar-refractivity contribution in [3.63, 3.8) is 0 Å². The van der Waals surface area contributed by atoms with Gasteiger partial charge in [-0.05, 0) is 56.5 Å². The fraction of sp³-hybridized carbons (Fsp3) is 0.348. The molecule has 148 valence electrons. The molecule has 0 fully saturated rings. The number of aryl methyl sites for hydroxylation is 2. The van der Waals surface area contributed by atoms with Crippen LogP contribution in [0.2, 0.25) is 0 Å². The van der Waals surface area contributed by atoms with E-state index in [0.717, 1.165) is 42.2 Å². The van der Waals surface area contributed by atoms with Gasteiger partial charge in [0.1, 0.15) is 11.5 Å². The second kappa shape index (κ2) is 10.6. The quantitative estimate of drug-likeness (QED) is 0.384. The minimum atomic E-state index is 0.569. The summed E-state index contributed by atoms with van der Waals surface area (Å²) in [7, 11) is 0. The third-order valence-corrected chi connectivity index (χ3v) is 4.44. The summed E-state index contributed by atoms with van der Waals surface area (Å²) in [6, 6.07) is 18.2. The zero-order valence-corrected chi connectivity index (χ0v) is 16.6. The molecule has 0 aliphatic rings. The number of hydrogen-bond acceptors (Lipinski definition) is 5. The zero-order valence-electron chi connectivity index (χ0n) is 16.6. The maximum Gasteiger partial charge on any atom is 0.226 e. The monoisotopic (exact) mass is 380 g/mol. The standard InChI is InChI=1S/C23H28N2O3/c1-3-27-24-16-7-8-19-11-13-21(14-12-19)26-17-15-22-18(2)28-23(25-22)20-9-5-4-6-10-20/h4-6,9-14,24H,3,7-8,15-17H2,1-2H3. The van der Waals surface area contributed by atoms with Gasteiger partial charge in [-0.3, -0.25) is 0 Å². The van der Waals surface area contributed by atoms with Crippen molar-refractivity contribution in [2.75, 3.05) is 19.8 Å². The molecule has 0 spiro atoms. The number of benzene rings is 2. The van der Waals surface area contributed by atoms with Crippen LogP contribution in [0.25, 0.3) is 11.5 Å². The third kappa shape index (κ3) is 5.94. The number of oxazole rings is 1. The third-order valence-electron chi connectivity index (χ3n) is 4.44. The lowest BCUT2D eigenvalue weighted by Crippen LogP contribution is -2.16. The Morgan fingerprint density at radius 1 is 1.00 bits per heavy atom. The lowest BCUT2D eigenvalue weighted by molar-refractivity contribution is 0.0505. The average molecular weight is 380 g/mol. The lowest BCUT2D eigenvalue weighted by Gasteiger charge is -2.07. The average Bonchev–Trinajstić information content (AvgIpc) is 3.10. The lowest BCUT2D eigenvalue weighted by atomic mass is 10.1. The summed E-state index contributed by atoms with van der Waals surface area (Å²) in [5.41, 5.74) is 6.17. The SMILES string of the molecule is CCONCCCc1ccc(OCCc2nc(-c3ccccc3)oc2C)cc1. The molecular formula is C23H28N2O3. The Morgan fingerprint density at radius 3 is 2.54 bits per heavy atom. The number of hydrogen-bond donors (Lipinski definition) is 1. The second-order valence-electron chi connectivity index (χ2n) is 6.56. The molecule has 0 atom stereocenters. The highest BCUT2D eigenvalue weighted by Gasteiger charge is 2.11. The van der Waals surface area contributed by atoms with Gasteiger partial charge in [-0.2, -0.15) is 0 Å². The molecule has 0 aliphatic carbocycles. The number of aromatic nitrogens is 1. The molecule has 3 rings (SSSR count). The molecule has 0 saturated carbocycles. The van der Waals surface area contributed by atoms with E-state index in [9.17, 15) is 0 Å². The van der Waals surface area contributed by atoms with Crippen molar-refractivity contribution < 1.29 is 14.0 Å². The molecule has 28 heavy (non-hydrogen) atoms. The Hall–Kier alpha value is -2.63. The molecule has 3 aromatic rings. The van der Waals surface area contributed by atoms with E-state index in [1.807, 2.05) is 56.3 Å². The van der Waals surface area contributed by atoms with Gasteiger partial charge in [0, 0.05) is 18.5 Å². The molecule has 0 saturated heterocycles. The fourth-order valence-corrected chi connectivity index (χ4v) is 2.92. The van der Waals surface area contributed by atoms with Crippen LogP contribution in [0, 0.1) is 6.92 Å². The molecule has 5 heteroatoms. The minimum absolute atomic E-state index is 0.569. The van der Waals surface area contributed by atoms with Crippen molar-refractivity contribution in [2.45, 2.75) is 33.1 Å². The predicted molar refractivity (Wildman–Crippen MR) is 110 cm³/mol. The van der Waals surface area contributed by atoms with E-state index >= 15 is 0 Å². The molecule has 1 aromatic heterocycles. The highest BCUT2D eigenvalue weighted by atomic mass is 16.6. The van der Waals surface area contributed by atoms with Gasteiger partial charge in [-0.15, -0.1) is 0 Å². The molecule has 0 unspecified atom stereocenters. The molecule has 5 nitrogen and oxygen atoms in total. The van der Waals surface area contributed by atoms with E-state index in [1.54, 1.807) is 0 Å². The van der Waals surface area contributed by atoms with E-state index in [2.05, 4.69) is 22.6 Å². The van der Waals surface area contributed by atoms with E-state index < -0.39 is 0 Å². The Kier molecular flexibility index (Phi) is 7.64. The van der Waals surface area contributed by atoms with Crippen LogP contribution in [0.1, 0.15) is 30.4 Å². The minimum Gasteiger partial charge on any atom is -0.493 e. The maximum absolute atomic E-state index is 5.88. The first-order valence-electron chi connectivity index (χ1n) is 9.84. The number of nitrogens with zero attached hydrogens (tertiary/aromatic N) is 1. The molecular weight excluding hydrogens is 352 g/mol. The first kappa shape index (κ1) is 20.1. The number of hydroxylamine groups is 1. The van der Waals surface area contributed by atoms with Crippen LogP contribution in [0.5, 0.6) is 5.75 Å². The molecule has 0 amide bonds. The van der Waals surface area contributed by atoms with E-state index in [-0.39, 0.29) is 0 Å². The summed E-state index contributed by atoms with van der Waals surface area (Å²) in [6.45, 7) is 6.03. The number of rotatable bonds is 11. The molecule has 0 bridgehead atoms. The Morgan fingerprint density at radius 2 is 1.79 bits per heavy atom. The number of ether oxygens (including phenoxy) is 1. The van der Waals surface area contributed by atoms with E-state index in [0.29, 0.717) is 25.5 Å². The van der Waals surface area contributed by atoms with E-state index in [4.69, 9.17) is 14.0 Å². The molecule has 0 radical (unpaired) electrons. The second-order valence-corrected chi connectivity index (χ2v) is 6.56. The first-order valence-corrected chi connectivity index (χ1v) is 9.84. The molecule has 0 aliphatic heterocycles. The van der Waals surface area contributed by atoms with Gasteiger partial charge in [0.25, 0.3) is 0 Å². The van der Waals surface area contributed by atoms with Crippen molar-refractivity contribution in [3.05, 3.63) is 71.6 Å². The highest BCUT2D eigenvalue weighted by molar-refractivity contribution is 5.53. The summed E-state index contributed by atoms with van der Waals surface area (Å²) in [4.78, 5) is 9.74. The number of nitrogens with one attached hydrogen (secondary N) is 1. The van der Waals surface area contributed by atoms with Crippen LogP contribution in [-0.4, -0.2) is 24.7 Å². The summed E-state index contributed by atoms with van der Waals surface area (Å²) < 4.78 is 11.7. The summed E-state index contributed by atoms with van der Waals surface area (Å²) >= 11 is 0. The van der Waals surface area contributed by atoms with Gasteiger partial charge in [-0.1, -0.05) is 30.3 Å². The molecule has 1 heterocycles. The van der Waals surface area contributed by atoms with Crippen LogP contribution in [0.4, 0.5) is 0 Å². The van der Waals surface area contributed by atoms with Crippen molar-refractivity contribution >= 4 is 0 Å². The predicted octanol–water partition coefficient (Wildman–Crippen LogP) is 4.75. The zero-order chi connectivity index (χ0) is 19.6. The maximum atomic E-state index is 5.88. The highest BCUT2D eigenvalue weighted by Crippen LogP contribution is 2.22. The summed E-state index contributed by atoms with van der Waals surface area (Å²) in [5.74, 6) is 2.38. The van der Waals surface area contributed by atoms with E-state index in [1.165, 1.54) is 5.56 Å². The summed E-state index contributed by atoms with van der Waals surface area (Å²) in [6.07, 6.45) is 2.77. The van der Waals surface area contributed by atoms with Gasteiger partial charge < -0.3 is 14.0 Å². The van der Waals surface area contributed by atoms with Crippen LogP contribution >= 0.6 is 0 Å². The van der Waals surface area contributed by atoms with Gasteiger partial charge in [-0.25, -0.2) is 10.5 Å². The Labute approximate surface area is 166 Å². The Balaban J connectivity index is 1.44. The fourth-order valence-electron chi connectivity index (χ4n) is 2.92.